The lowest BCUT2D eigenvalue weighted by Gasteiger charge is -2.05. The standard InChI is InChI=1S/C11H7BO4S/c1-15-11(14)5-2-6-8(13)4-9(17)16-10(6)7(12)3-5/h2-4,17H,1H3. The Hall–Kier alpha value is -1.69. The molecule has 4 nitrogen and oxygen atoms in total. The molecule has 1 aromatic carbocycles. The van der Waals surface area contributed by atoms with E-state index in [9.17, 15) is 9.59 Å². The molecule has 0 aliphatic rings. The number of hydrogen-bond donors (Lipinski definition) is 1. The largest absolute Gasteiger partial charge is 0.465 e. The topological polar surface area (TPSA) is 56.5 Å². The number of fused-ring (bicyclic) bond motifs is 1. The Balaban J connectivity index is 2.82. The highest BCUT2D eigenvalue weighted by Crippen LogP contribution is 2.14. The molecule has 0 atom stereocenters. The molecule has 0 amide bonds. The van der Waals surface area contributed by atoms with Gasteiger partial charge in [0.25, 0.3) is 0 Å². The van der Waals surface area contributed by atoms with Crippen molar-refractivity contribution in [1.29, 1.82) is 0 Å². The highest BCUT2D eigenvalue weighted by molar-refractivity contribution is 7.80. The normalized spacial score (nSPS) is 10.5. The van der Waals surface area contributed by atoms with Crippen LogP contribution in [0.3, 0.4) is 0 Å². The minimum absolute atomic E-state index is 0.167. The zero-order chi connectivity index (χ0) is 12.6. The van der Waals surface area contributed by atoms with Gasteiger partial charge in [-0.05, 0) is 6.07 Å². The van der Waals surface area contributed by atoms with Crippen LogP contribution in [-0.2, 0) is 4.74 Å². The Morgan fingerprint density at radius 2 is 2.12 bits per heavy atom. The lowest BCUT2D eigenvalue weighted by Crippen LogP contribution is -2.14. The molecule has 0 saturated carbocycles. The van der Waals surface area contributed by atoms with E-state index in [0.717, 1.165) is 0 Å². The molecular formula is C11H7BO4S. The SMILES string of the molecule is [B]c1cc(C(=O)OC)cc2c(=O)cc(S)oc12. The molecular weight excluding hydrogens is 239 g/mol. The van der Waals surface area contributed by atoms with Crippen LogP contribution < -0.4 is 10.9 Å². The van der Waals surface area contributed by atoms with Gasteiger partial charge in [0.1, 0.15) is 13.4 Å². The van der Waals surface area contributed by atoms with E-state index >= 15 is 0 Å². The zero-order valence-electron chi connectivity index (χ0n) is 8.89. The Bertz CT molecular complexity index is 662. The van der Waals surface area contributed by atoms with Gasteiger partial charge in [-0.25, -0.2) is 4.79 Å². The van der Waals surface area contributed by atoms with E-state index in [1.54, 1.807) is 0 Å². The molecule has 0 N–H and O–H groups in total. The third-order valence-corrected chi connectivity index (χ3v) is 2.49. The second-order valence-corrected chi connectivity index (χ2v) is 3.82. The summed E-state index contributed by atoms with van der Waals surface area (Å²) in [6.07, 6.45) is 0. The van der Waals surface area contributed by atoms with E-state index in [-0.39, 0.29) is 32.5 Å². The Morgan fingerprint density at radius 3 is 2.76 bits per heavy atom. The van der Waals surface area contributed by atoms with Gasteiger partial charge in [0.15, 0.2) is 10.5 Å². The minimum Gasteiger partial charge on any atom is -0.465 e. The quantitative estimate of drug-likeness (QED) is 0.456. The van der Waals surface area contributed by atoms with Gasteiger partial charge >= 0.3 is 5.97 Å². The lowest BCUT2D eigenvalue weighted by atomic mass is 9.91. The summed E-state index contributed by atoms with van der Waals surface area (Å²) in [6, 6.07) is 3.99. The summed E-state index contributed by atoms with van der Waals surface area (Å²) in [5, 5.41) is 0.392. The first kappa shape index (κ1) is 11.8. The van der Waals surface area contributed by atoms with E-state index in [1.165, 1.54) is 25.3 Å². The summed E-state index contributed by atoms with van der Waals surface area (Å²) in [5.74, 6) is -0.562. The van der Waals surface area contributed by atoms with Crippen LogP contribution in [0.25, 0.3) is 11.0 Å². The molecule has 2 radical (unpaired) electrons. The third kappa shape index (κ3) is 2.08. The van der Waals surface area contributed by atoms with Crippen molar-refractivity contribution in [3.8, 4) is 0 Å². The number of rotatable bonds is 1. The van der Waals surface area contributed by atoms with Crippen molar-refractivity contribution in [2.75, 3.05) is 7.11 Å². The van der Waals surface area contributed by atoms with Crippen molar-refractivity contribution in [1.82, 2.24) is 0 Å². The lowest BCUT2D eigenvalue weighted by molar-refractivity contribution is 0.0601. The minimum atomic E-state index is -0.562. The molecule has 2 aromatic rings. The fraction of sp³-hybridized carbons (Fsp3) is 0.0909. The molecule has 0 unspecified atom stereocenters. The van der Waals surface area contributed by atoms with Crippen molar-refractivity contribution in [3.05, 3.63) is 34.0 Å². The van der Waals surface area contributed by atoms with Gasteiger partial charge in [-0.3, -0.25) is 4.79 Å². The van der Waals surface area contributed by atoms with Crippen LogP contribution in [0.1, 0.15) is 10.4 Å². The zero-order valence-corrected chi connectivity index (χ0v) is 9.78. The van der Waals surface area contributed by atoms with Gasteiger partial charge in [0.2, 0.25) is 0 Å². The average Bonchev–Trinajstić information content (AvgIpc) is 2.29. The molecule has 0 saturated heterocycles. The van der Waals surface area contributed by atoms with Crippen LogP contribution in [0, 0.1) is 0 Å². The first-order valence-electron chi connectivity index (χ1n) is 4.67. The number of thiol groups is 1. The maximum absolute atomic E-state index is 11.7. The van der Waals surface area contributed by atoms with Crippen LogP contribution in [0.4, 0.5) is 0 Å². The van der Waals surface area contributed by atoms with E-state index in [0.29, 0.717) is 0 Å². The molecule has 0 spiro atoms. The van der Waals surface area contributed by atoms with Crippen LogP contribution in [-0.4, -0.2) is 20.9 Å². The van der Waals surface area contributed by atoms with Gasteiger partial charge in [-0.1, -0.05) is 11.5 Å². The summed E-state index contributed by atoms with van der Waals surface area (Å²) in [6.45, 7) is 0. The Kier molecular flexibility index (Phi) is 2.98. The van der Waals surface area contributed by atoms with Gasteiger partial charge in [0.05, 0.1) is 18.1 Å². The van der Waals surface area contributed by atoms with E-state index in [2.05, 4.69) is 17.4 Å². The average molecular weight is 246 g/mol. The number of ether oxygens (including phenoxy) is 1. The van der Waals surface area contributed by atoms with Gasteiger partial charge < -0.3 is 9.15 Å². The molecule has 17 heavy (non-hydrogen) atoms. The predicted octanol–water partition coefficient (Wildman–Crippen LogP) is 0.662. The van der Waals surface area contributed by atoms with E-state index in [1.807, 2.05) is 0 Å². The molecule has 1 aromatic heterocycles. The van der Waals surface area contributed by atoms with Gasteiger partial charge in [-0.15, -0.1) is 12.6 Å². The van der Waals surface area contributed by atoms with Crippen LogP contribution in [0.2, 0.25) is 0 Å². The highest BCUT2D eigenvalue weighted by Gasteiger charge is 2.12. The fourth-order valence-electron chi connectivity index (χ4n) is 1.51. The molecule has 1 heterocycles. The van der Waals surface area contributed by atoms with E-state index < -0.39 is 5.97 Å². The van der Waals surface area contributed by atoms with Crippen molar-refractivity contribution in [2.45, 2.75) is 5.09 Å². The monoisotopic (exact) mass is 246 g/mol. The first-order chi connectivity index (χ1) is 8.02. The fourth-order valence-corrected chi connectivity index (χ4v) is 1.72. The molecule has 0 fully saturated rings. The molecule has 0 aliphatic carbocycles. The maximum Gasteiger partial charge on any atom is 0.337 e. The Morgan fingerprint density at radius 1 is 1.41 bits per heavy atom. The smallest absolute Gasteiger partial charge is 0.337 e. The van der Waals surface area contributed by atoms with Crippen LogP contribution in [0.5, 0.6) is 0 Å². The second kappa shape index (κ2) is 4.29. The summed E-state index contributed by atoms with van der Waals surface area (Å²) >= 11 is 3.95. The first-order valence-corrected chi connectivity index (χ1v) is 5.12. The predicted molar refractivity (Wildman–Crippen MR) is 66.5 cm³/mol. The van der Waals surface area contributed by atoms with Crippen molar-refractivity contribution in [2.24, 2.45) is 0 Å². The molecule has 0 bridgehead atoms. The van der Waals surface area contributed by atoms with Gasteiger partial charge in [-0.2, -0.15) is 0 Å². The highest BCUT2D eigenvalue weighted by atomic mass is 32.1. The number of esters is 1. The summed E-state index contributed by atoms with van der Waals surface area (Å²) in [4.78, 5) is 23.1. The number of hydrogen-bond acceptors (Lipinski definition) is 5. The number of carbonyl (C=O) groups is 1. The second-order valence-electron chi connectivity index (χ2n) is 3.38. The van der Waals surface area contributed by atoms with Crippen LogP contribution in [0.15, 0.2) is 32.5 Å². The summed E-state index contributed by atoms with van der Waals surface area (Å²) < 4.78 is 9.79. The summed E-state index contributed by atoms with van der Waals surface area (Å²) in [7, 11) is 6.96. The number of carbonyl (C=O) groups excluding carboxylic acids is 1. The molecule has 0 aliphatic heterocycles. The van der Waals surface area contributed by atoms with E-state index in [4.69, 9.17) is 12.3 Å². The number of benzene rings is 1. The van der Waals surface area contributed by atoms with Crippen molar-refractivity contribution in [3.63, 3.8) is 0 Å². The van der Waals surface area contributed by atoms with Crippen molar-refractivity contribution >= 4 is 42.9 Å². The Labute approximate surface area is 103 Å². The molecule has 84 valence electrons. The number of methoxy groups -OCH3 is 1. The summed E-state index contributed by atoms with van der Waals surface area (Å²) in [5.41, 5.74) is 0.302. The van der Waals surface area contributed by atoms with Crippen LogP contribution >= 0.6 is 12.6 Å². The molecule has 6 heteroatoms. The molecule has 2 rings (SSSR count). The van der Waals surface area contributed by atoms with Gasteiger partial charge in [0, 0.05) is 6.07 Å². The maximum atomic E-state index is 11.7. The van der Waals surface area contributed by atoms with Crippen molar-refractivity contribution < 1.29 is 13.9 Å². The third-order valence-electron chi connectivity index (χ3n) is 2.27.